The van der Waals surface area contributed by atoms with Crippen LogP contribution in [-0.4, -0.2) is 51.2 Å². The number of carbonyl (C=O) groups is 1. The normalized spacial score (nSPS) is 26.2. The molecule has 0 amide bonds. The Bertz CT molecular complexity index is 975. The van der Waals surface area contributed by atoms with Crippen molar-refractivity contribution in [2.75, 3.05) is 24.4 Å². The number of nitrogens with zero attached hydrogens (tertiary/aromatic N) is 4. The zero-order chi connectivity index (χ0) is 22.2. The molecule has 31 heavy (non-hydrogen) atoms. The van der Waals surface area contributed by atoms with Crippen LogP contribution in [0.4, 0.5) is 14.5 Å². The monoisotopic (exact) mass is 471 g/mol. The maximum absolute atomic E-state index is 14.4. The van der Waals surface area contributed by atoms with Crippen molar-refractivity contribution in [1.82, 2.24) is 20.2 Å². The van der Waals surface area contributed by atoms with Crippen LogP contribution in [0.25, 0.3) is 0 Å². The quantitative estimate of drug-likeness (QED) is 0.455. The molecule has 0 saturated heterocycles. The Morgan fingerprint density at radius 2 is 2.16 bits per heavy atom. The maximum Gasteiger partial charge on any atom is 0.337 e. The van der Waals surface area contributed by atoms with E-state index in [2.05, 4.69) is 20.8 Å². The molecule has 2 fully saturated rings. The first kappa shape index (κ1) is 22.3. The number of benzene rings is 1. The minimum atomic E-state index is -2.70. The second-order valence-electron chi connectivity index (χ2n) is 8.19. The Morgan fingerprint density at radius 3 is 2.81 bits per heavy atom. The smallest absolute Gasteiger partial charge is 0.337 e. The van der Waals surface area contributed by atoms with Gasteiger partial charge in [0.1, 0.15) is 5.54 Å². The standard InChI is InChI=1S/C20H24ClF2N5O2S/c1-30-17(29)12-6-15(21)9-16(7-12)24-19(10-14-8-13(19)11-20(14,22)23)18-25-26-27-28(18)4-3-5-31-2/h6-7,9,13-14,24H,3-5,8,10-11H2,1-2H3. The first-order chi connectivity index (χ1) is 14.8. The molecule has 1 heterocycles. The largest absolute Gasteiger partial charge is 0.465 e. The lowest BCUT2D eigenvalue weighted by Gasteiger charge is -2.40. The van der Waals surface area contributed by atoms with Crippen molar-refractivity contribution in [2.45, 2.75) is 43.7 Å². The molecule has 7 nitrogen and oxygen atoms in total. The molecule has 0 aliphatic heterocycles. The molecule has 2 aromatic rings. The van der Waals surface area contributed by atoms with Crippen LogP contribution in [0.3, 0.4) is 0 Å². The van der Waals surface area contributed by atoms with Crippen LogP contribution < -0.4 is 5.32 Å². The lowest BCUT2D eigenvalue weighted by Crippen LogP contribution is -2.47. The average molecular weight is 472 g/mol. The minimum Gasteiger partial charge on any atom is -0.465 e. The van der Waals surface area contributed by atoms with Crippen LogP contribution in [0.1, 0.15) is 41.9 Å². The van der Waals surface area contributed by atoms with Crippen molar-refractivity contribution in [2.24, 2.45) is 11.8 Å². The van der Waals surface area contributed by atoms with Gasteiger partial charge in [0.25, 0.3) is 5.92 Å². The highest BCUT2D eigenvalue weighted by atomic mass is 35.5. The maximum atomic E-state index is 14.4. The highest BCUT2D eigenvalue weighted by Gasteiger charge is 2.65. The molecular formula is C20H24ClF2N5O2S. The van der Waals surface area contributed by atoms with E-state index in [9.17, 15) is 13.6 Å². The van der Waals surface area contributed by atoms with Gasteiger partial charge in [0.15, 0.2) is 5.82 Å². The number of hydrogen-bond donors (Lipinski definition) is 1. The Balaban J connectivity index is 1.72. The number of thioether (sulfide) groups is 1. The molecule has 1 aromatic carbocycles. The van der Waals surface area contributed by atoms with Crippen LogP contribution >= 0.6 is 23.4 Å². The average Bonchev–Trinajstić information content (AvgIpc) is 3.40. The molecule has 4 rings (SSSR count). The molecule has 2 aliphatic carbocycles. The van der Waals surface area contributed by atoms with E-state index in [4.69, 9.17) is 16.3 Å². The third kappa shape index (κ3) is 4.11. The number of tetrazole rings is 1. The van der Waals surface area contributed by atoms with Crippen molar-refractivity contribution in [3.8, 4) is 0 Å². The Labute approximate surface area is 188 Å². The van der Waals surface area contributed by atoms with Gasteiger partial charge in [-0.25, -0.2) is 18.3 Å². The van der Waals surface area contributed by atoms with Gasteiger partial charge in [0.2, 0.25) is 0 Å². The third-order valence-corrected chi connectivity index (χ3v) is 7.20. The van der Waals surface area contributed by atoms with Gasteiger partial charge in [-0.3, -0.25) is 0 Å². The summed E-state index contributed by atoms with van der Waals surface area (Å²) in [5.74, 6) is -2.82. The van der Waals surface area contributed by atoms with Crippen molar-refractivity contribution in [1.29, 1.82) is 0 Å². The van der Waals surface area contributed by atoms with Gasteiger partial charge in [-0.15, -0.1) is 5.10 Å². The molecule has 3 atom stereocenters. The minimum absolute atomic E-state index is 0.202. The number of hydrogen-bond acceptors (Lipinski definition) is 7. The number of carbonyl (C=O) groups excluding carboxylic acids is 1. The fraction of sp³-hybridized carbons (Fsp3) is 0.600. The van der Waals surface area contributed by atoms with E-state index in [1.165, 1.54) is 13.2 Å². The summed E-state index contributed by atoms with van der Waals surface area (Å²) in [7, 11) is 1.29. The van der Waals surface area contributed by atoms with Crippen LogP contribution in [-0.2, 0) is 16.8 Å². The Kier molecular flexibility index (Phi) is 6.13. The van der Waals surface area contributed by atoms with Crippen LogP contribution in [0.5, 0.6) is 0 Å². The van der Waals surface area contributed by atoms with E-state index >= 15 is 0 Å². The fourth-order valence-corrected chi connectivity index (χ4v) is 5.58. The van der Waals surface area contributed by atoms with Gasteiger partial charge in [-0.2, -0.15) is 11.8 Å². The molecule has 0 radical (unpaired) electrons. The number of ether oxygens (including phenoxy) is 1. The van der Waals surface area contributed by atoms with E-state index in [-0.39, 0.29) is 24.3 Å². The van der Waals surface area contributed by atoms with Gasteiger partial charge in [-0.05, 0) is 65.8 Å². The van der Waals surface area contributed by atoms with Crippen molar-refractivity contribution in [3.05, 3.63) is 34.6 Å². The molecule has 3 unspecified atom stereocenters. The molecule has 168 valence electrons. The number of fused-ring (bicyclic) bond motifs is 2. The lowest BCUT2D eigenvalue weighted by molar-refractivity contribution is -0.0645. The highest BCUT2D eigenvalue weighted by molar-refractivity contribution is 7.98. The summed E-state index contributed by atoms with van der Waals surface area (Å²) in [5.41, 5.74) is -0.0454. The van der Waals surface area contributed by atoms with Gasteiger partial charge in [0.05, 0.1) is 12.7 Å². The van der Waals surface area contributed by atoms with E-state index in [0.29, 0.717) is 29.5 Å². The Hall–Kier alpha value is -1.94. The summed E-state index contributed by atoms with van der Waals surface area (Å²) in [6.45, 7) is 0.601. The first-order valence-corrected chi connectivity index (χ1v) is 11.9. The summed E-state index contributed by atoms with van der Waals surface area (Å²) in [6, 6.07) is 4.79. The van der Waals surface area contributed by atoms with Crippen molar-refractivity contribution >= 4 is 35.0 Å². The molecular weight excluding hydrogens is 448 g/mol. The molecule has 11 heteroatoms. The van der Waals surface area contributed by atoms with Crippen LogP contribution in [0, 0.1) is 11.8 Å². The number of anilines is 1. The summed E-state index contributed by atoms with van der Waals surface area (Å²) < 4.78 is 35.4. The van der Waals surface area contributed by atoms with Crippen molar-refractivity contribution < 1.29 is 18.3 Å². The molecule has 1 N–H and O–H groups in total. The van der Waals surface area contributed by atoms with E-state index in [0.717, 1.165) is 12.2 Å². The number of halogens is 3. The predicted molar refractivity (Wildman–Crippen MR) is 115 cm³/mol. The second-order valence-corrected chi connectivity index (χ2v) is 9.61. The van der Waals surface area contributed by atoms with E-state index in [1.807, 2.05) is 6.26 Å². The third-order valence-electron chi connectivity index (χ3n) is 6.29. The zero-order valence-electron chi connectivity index (χ0n) is 17.3. The molecule has 1 aromatic heterocycles. The van der Waals surface area contributed by atoms with Gasteiger partial charge < -0.3 is 10.1 Å². The van der Waals surface area contributed by atoms with Gasteiger partial charge >= 0.3 is 5.97 Å². The number of aryl methyl sites for hydroxylation is 1. The molecule has 2 bridgehead atoms. The first-order valence-electron chi connectivity index (χ1n) is 10.1. The molecule has 2 aliphatic rings. The predicted octanol–water partition coefficient (Wildman–Crippen LogP) is 4.24. The highest BCUT2D eigenvalue weighted by Crippen LogP contribution is 2.62. The molecule has 2 saturated carbocycles. The SMILES string of the molecule is COC(=O)c1cc(Cl)cc(NC2(c3nnnn3CCCSC)CC3CC2CC3(F)F)c1. The summed E-state index contributed by atoms with van der Waals surface area (Å²) >= 11 is 7.96. The zero-order valence-corrected chi connectivity index (χ0v) is 18.8. The topological polar surface area (TPSA) is 81.9 Å². The lowest BCUT2D eigenvalue weighted by atomic mass is 9.78. The number of aromatic nitrogens is 4. The van der Waals surface area contributed by atoms with Crippen LogP contribution in [0.2, 0.25) is 5.02 Å². The second kappa shape index (κ2) is 8.54. The Morgan fingerprint density at radius 1 is 1.35 bits per heavy atom. The summed E-state index contributed by atoms with van der Waals surface area (Å²) in [4.78, 5) is 12.0. The number of nitrogens with one attached hydrogen (secondary N) is 1. The van der Waals surface area contributed by atoms with E-state index < -0.39 is 23.3 Å². The van der Waals surface area contributed by atoms with Gasteiger partial charge in [-0.1, -0.05) is 11.6 Å². The van der Waals surface area contributed by atoms with Crippen molar-refractivity contribution in [3.63, 3.8) is 0 Å². The summed E-state index contributed by atoms with van der Waals surface area (Å²) in [6.07, 6.45) is 3.26. The molecule has 0 spiro atoms. The number of alkyl halides is 2. The number of methoxy groups -OCH3 is 1. The van der Waals surface area contributed by atoms with Gasteiger partial charge in [0, 0.05) is 29.6 Å². The van der Waals surface area contributed by atoms with E-state index in [1.54, 1.807) is 28.6 Å². The van der Waals surface area contributed by atoms with Crippen LogP contribution in [0.15, 0.2) is 18.2 Å². The summed E-state index contributed by atoms with van der Waals surface area (Å²) in [5, 5.41) is 16.0. The number of esters is 1. The number of rotatable bonds is 8. The fourth-order valence-electron chi connectivity index (χ4n) is 4.93.